The van der Waals surface area contributed by atoms with Crippen molar-refractivity contribution in [3.8, 4) is 0 Å². The monoisotopic (exact) mass is 337 g/mol. The van der Waals surface area contributed by atoms with Crippen LogP contribution in [0.4, 0.5) is 0 Å². The largest absolute Gasteiger partial charge is 0.361 e. The normalized spacial score (nSPS) is 11.4. The molecule has 2 aromatic rings. The Morgan fingerprint density at radius 3 is 2.35 bits per heavy atom. The molecule has 1 amide bonds. The highest BCUT2D eigenvalue weighted by molar-refractivity contribution is 7.89. The molecule has 0 saturated heterocycles. The lowest BCUT2D eigenvalue weighted by Crippen LogP contribution is -2.35. The second-order valence-electron chi connectivity index (χ2n) is 5.17. The summed E-state index contributed by atoms with van der Waals surface area (Å²) in [5.41, 5.74) is 1.86. The quantitative estimate of drug-likeness (QED) is 0.774. The summed E-state index contributed by atoms with van der Waals surface area (Å²) in [5.74, 6) is 0.0935. The van der Waals surface area contributed by atoms with Gasteiger partial charge < -0.3 is 9.84 Å². The SMILES string of the molecule is Cc1ccc(S(=O)(=O)NCCNC(=O)c2c(C)noc2C)cc1. The van der Waals surface area contributed by atoms with Gasteiger partial charge in [0, 0.05) is 13.1 Å². The van der Waals surface area contributed by atoms with E-state index in [-0.39, 0.29) is 23.9 Å². The first-order valence-corrected chi connectivity index (χ1v) is 8.57. The van der Waals surface area contributed by atoms with Gasteiger partial charge in [-0.15, -0.1) is 0 Å². The highest BCUT2D eigenvalue weighted by Gasteiger charge is 2.17. The third-order valence-corrected chi connectivity index (χ3v) is 4.77. The van der Waals surface area contributed by atoms with Crippen LogP contribution in [0.3, 0.4) is 0 Å². The van der Waals surface area contributed by atoms with Gasteiger partial charge in [0.2, 0.25) is 10.0 Å². The zero-order valence-corrected chi connectivity index (χ0v) is 14.0. The molecule has 0 spiro atoms. The van der Waals surface area contributed by atoms with Crippen LogP contribution < -0.4 is 10.0 Å². The van der Waals surface area contributed by atoms with Crippen LogP contribution in [0.1, 0.15) is 27.4 Å². The van der Waals surface area contributed by atoms with Crippen LogP contribution in [0, 0.1) is 20.8 Å². The number of hydrogen-bond acceptors (Lipinski definition) is 5. The Bertz CT molecular complexity index is 775. The van der Waals surface area contributed by atoms with Crippen LogP contribution in [0.15, 0.2) is 33.7 Å². The van der Waals surface area contributed by atoms with Crippen molar-refractivity contribution in [2.75, 3.05) is 13.1 Å². The lowest BCUT2D eigenvalue weighted by molar-refractivity contribution is 0.0952. The van der Waals surface area contributed by atoms with Gasteiger partial charge in [0.1, 0.15) is 11.3 Å². The second kappa shape index (κ2) is 6.93. The Labute approximate surface area is 135 Å². The van der Waals surface area contributed by atoms with Crippen LogP contribution in [0.5, 0.6) is 0 Å². The number of aryl methyl sites for hydroxylation is 3. The van der Waals surface area contributed by atoms with Crippen molar-refractivity contribution in [2.45, 2.75) is 25.7 Å². The first-order chi connectivity index (χ1) is 10.8. The average Bonchev–Trinajstić information content (AvgIpc) is 2.83. The lowest BCUT2D eigenvalue weighted by atomic mass is 10.2. The van der Waals surface area contributed by atoms with Gasteiger partial charge in [0.15, 0.2) is 0 Å². The molecule has 0 aliphatic carbocycles. The molecule has 0 atom stereocenters. The molecule has 0 aliphatic heterocycles. The number of carbonyl (C=O) groups excluding carboxylic acids is 1. The molecular formula is C15H19N3O4S. The maximum atomic E-state index is 12.1. The highest BCUT2D eigenvalue weighted by Crippen LogP contribution is 2.11. The topological polar surface area (TPSA) is 101 Å². The Kier molecular flexibility index (Phi) is 5.17. The lowest BCUT2D eigenvalue weighted by Gasteiger charge is -2.08. The van der Waals surface area contributed by atoms with E-state index in [0.29, 0.717) is 17.0 Å². The third-order valence-electron chi connectivity index (χ3n) is 3.29. The van der Waals surface area contributed by atoms with Gasteiger partial charge in [-0.1, -0.05) is 22.9 Å². The van der Waals surface area contributed by atoms with E-state index < -0.39 is 10.0 Å². The molecule has 7 nitrogen and oxygen atoms in total. The van der Waals surface area contributed by atoms with Gasteiger partial charge in [-0.3, -0.25) is 4.79 Å². The Balaban J connectivity index is 1.88. The minimum absolute atomic E-state index is 0.0886. The van der Waals surface area contributed by atoms with Crippen LogP contribution in [-0.4, -0.2) is 32.6 Å². The third kappa shape index (κ3) is 4.17. The molecule has 0 bridgehead atoms. The predicted molar refractivity (Wildman–Crippen MR) is 84.7 cm³/mol. The Hall–Kier alpha value is -2.19. The molecule has 0 fully saturated rings. The van der Waals surface area contributed by atoms with E-state index in [1.165, 1.54) is 0 Å². The summed E-state index contributed by atoms with van der Waals surface area (Å²) >= 11 is 0. The number of nitrogens with zero attached hydrogens (tertiary/aromatic N) is 1. The van der Waals surface area contributed by atoms with E-state index in [2.05, 4.69) is 15.2 Å². The smallest absolute Gasteiger partial charge is 0.256 e. The van der Waals surface area contributed by atoms with Crippen molar-refractivity contribution < 1.29 is 17.7 Å². The van der Waals surface area contributed by atoms with Gasteiger partial charge in [-0.05, 0) is 32.9 Å². The number of amides is 1. The molecule has 23 heavy (non-hydrogen) atoms. The second-order valence-corrected chi connectivity index (χ2v) is 6.93. The van der Waals surface area contributed by atoms with Crippen molar-refractivity contribution in [2.24, 2.45) is 0 Å². The van der Waals surface area contributed by atoms with Gasteiger partial charge in [-0.2, -0.15) is 0 Å². The van der Waals surface area contributed by atoms with E-state index in [9.17, 15) is 13.2 Å². The van der Waals surface area contributed by atoms with E-state index in [4.69, 9.17) is 4.52 Å². The molecule has 2 rings (SSSR count). The molecule has 1 heterocycles. The molecule has 0 radical (unpaired) electrons. The number of rotatable bonds is 6. The van der Waals surface area contributed by atoms with Crippen LogP contribution in [0.25, 0.3) is 0 Å². The highest BCUT2D eigenvalue weighted by atomic mass is 32.2. The van der Waals surface area contributed by atoms with Crippen LogP contribution >= 0.6 is 0 Å². The van der Waals surface area contributed by atoms with Crippen molar-refractivity contribution in [1.29, 1.82) is 0 Å². The predicted octanol–water partition coefficient (Wildman–Crippen LogP) is 1.31. The molecule has 0 saturated carbocycles. The maximum Gasteiger partial charge on any atom is 0.256 e. The van der Waals surface area contributed by atoms with E-state index in [1.807, 2.05) is 6.92 Å². The van der Waals surface area contributed by atoms with Crippen molar-refractivity contribution in [3.63, 3.8) is 0 Å². The minimum atomic E-state index is -3.58. The molecule has 2 N–H and O–H groups in total. The van der Waals surface area contributed by atoms with Gasteiger partial charge in [0.25, 0.3) is 5.91 Å². The number of nitrogens with one attached hydrogen (secondary N) is 2. The fourth-order valence-electron chi connectivity index (χ4n) is 2.06. The van der Waals surface area contributed by atoms with E-state index >= 15 is 0 Å². The molecule has 124 valence electrons. The molecular weight excluding hydrogens is 318 g/mol. The summed E-state index contributed by atoms with van der Waals surface area (Å²) in [5, 5.41) is 6.34. The summed E-state index contributed by atoms with van der Waals surface area (Å²) in [6, 6.07) is 6.54. The van der Waals surface area contributed by atoms with Gasteiger partial charge in [0.05, 0.1) is 10.6 Å². The molecule has 1 aromatic heterocycles. The Morgan fingerprint density at radius 2 is 1.78 bits per heavy atom. The number of aromatic nitrogens is 1. The van der Waals surface area contributed by atoms with Crippen LogP contribution in [-0.2, 0) is 10.0 Å². The zero-order chi connectivity index (χ0) is 17.0. The summed E-state index contributed by atoms with van der Waals surface area (Å²) < 4.78 is 31.5. The summed E-state index contributed by atoms with van der Waals surface area (Å²) in [6.45, 7) is 5.45. The summed E-state index contributed by atoms with van der Waals surface area (Å²) in [4.78, 5) is 12.2. The van der Waals surface area contributed by atoms with Crippen molar-refractivity contribution in [3.05, 3.63) is 46.8 Å². The minimum Gasteiger partial charge on any atom is -0.361 e. The first kappa shape index (κ1) is 17.2. The fraction of sp³-hybridized carbons (Fsp3) is 0.333. The number of carbonyl (C=O) groups is 1. The van der Waals surface area contributed by atoms with Crippen molar-refractivity contribution in [1.82, 2.24) is 15.2 Å². The molecule has 8 heteroatoms. The molecule has 0 aliphatic rings. The Morgan fingerprint density at radius 1 is 1.13 bits per heavy atom. The standard InChI is InChI=1S/C15H19N3O4S/c1-10-4-6-13(7-5-10)23(20,21)17-9-8-16-15(19)14-11(2)18-22-12(14)3/h4-7,17H,8-9H2,1-3H3,(H,16,19). The van der Waals surface area contributed by atoms with Gasteiger partial charge in [-0.25, -0.2) is 13.1 Å². The zero-order valence-electron chi connectivity index (χ0n) is 13.2. The average molecular weight is 337 g/mol. The maximum absolute atomic E-state index is 12.1. The summed E-state index contributed by atoms with van der Waals surface area (Å²) in [7, 11) is -3.58. The fourth-order valence-corrected chi connectivity index (χ4v) is 3.09. The molecule has 1 aromatic carbocycles. The van der Waals surface area contributed by atoms with Crippen LogP contribution in [0.2, 0.25) is 0 Å². The number of benzene rings is 1. The first-order valence-electron chi connectivity index (χ1n) is 7.08. The number of sulfonamides is 1. The van der Waals surface area contributed by atoms with E-state index in [0.717, 1.165) is 5.56 Å². The van der Waals surface area contributed by atoms with Crippen molar-refractivity contribution >= 4 is 15.9 Å². The summed E-state index contributed by atoms with van der Waals surface area (Å²) in [6.07, 6.45) is 0. The van der Waals surface area contributed by atoms with E-state index in [1.54, 1.807) is 38.1 Å². The molecule has 0 unspecified atom stereocenters. The number of hydrogen-bond donors (Lipinski definition) is 2. The van der Waals surface area contributed by atoms with Gasteiger partial charge >= 0.3 is 0 Å².